The fourth-order valence-electron chi connectivity index (χ4n) is 2.89. The Balaban J connectivity index is 1.63. The highest BCUT2D eigenvalue weighted by molar-refractivity contribution is 7.09. The molecule has 16 heavy (non-hydrogen) atoms. The van der Waals surface area contributed by atoms with Crippen LogP contribution in [-0.4, -0.2) is 17.6 Å². The third kappa shape index (κ3) is 2.46. The summed E-state index contributed by atoms with van der Waals surface area (Å²) in [6.07, 6.45) is 11.8. The third-order valence-electron chi connectivity index (χ3n) is 4.04. The molecule has 0 saturated heterocycles. The number of hydrogen-bond donors (Lipinski definition) is 1. The highest BCUT2D eigenvalue weighted by atomic mass is 32.1. The van der Waals surface area contributed by atoms with Gasteiger partial charge in [0.1, 0.15) is 0 Å². The Morgan fingerprint density at radius 1 is 1.38 bits per heavy atom. The van der Waals surface area contributed by atoms with Gasteiger partial charge in [-0.2, -0.15) is 0 Å². The third-order valence-corrected chi connectivity index (χ3v) is 4.82. The van der Waals surface area contributed by atoms with Crippen LogP contribution in [0.1, 0.15) is 43.4 Å². The Morgan fingerprint density at radius 2 is 2.19 bits per heavy atom. The SMILES string of the molecule is c1ncc(CC2(CNC3CC3)CCCC2)s1. The van der Waals surface area contributed by atoms with E-state index >= 15 is 0 Å². The van der Waals surface area contributed by atoms with Crippen LogP contribution in [0, 0.1) is 5.41 Å². The van der Waals surface area contributed by atoms with Gasteiger partial charge >= 0.3 is 0 Å². The van der Waals surface area contributed by atoms with Gasteiger partial charge in [-0.1, -0.05) is 12.8 Å². The van der Waals surface area contributed by atoms with E-state index in [4.69, 9.17) is 0 Å². The predicted octanol–water partition coefficient (Wildman–Crippen LogP) is 3.00. The molecule has 2 nitrogen and oxygen atoms in total. The van der Waals surface area contributed by atoms with Gasteiger partial charge in [-0.15, -0.1) is 11.3 Å². The second-order valence-electron chi connectivity index (χ2n) is 5.51. The summed E-state index contributed by atoms with van der Waals surface area (Å²) >= 11 is 1.82. The second-order valence-corrected chi connectivity index (χ2v) is 6.48. The molecule has 1 aromatic rings. The average molecular weight is 236 g/mol. The molecule has 1 aromatic heterocycles. The number of rotatable bonds is 5. The average Bonchev–Trinajstić information content (AvgIpc) is 2.78. The Hall–Kier alpha value is -0.410. The van der Waals surface area contributed by atoms with Gasteiger partial charge < -0.3 is 5.32 Å². The zero-order chi connectivity index (χ0) is 10.8. The highest BCUT2D eigenvalue weighted by Gasteiger charge is 2.35. The Kier molecular flexibility index (Phi) is 2.99. The molecule has 0 bridgehead atoms. The molecule has 3 rings (SSSR count). The number of hydrogen-bond acceptors (Lipinski definition) is 3. The first kappa shape index (κ1) is 10.7. The van der Waals surface area contributed by atoms with E-state index < -0.39 is 0 Å². The van der Waals surface area contributed by atoms with E-state index in [1.165, 1.54) is 56.4 Å². The minimum absolute atomic E-state index is 0.551. The summed E-state index contributed by atoms with van der Waals surface area (Å²) in [4.78, 5) is 5.67. The maximum absolute atomic E-state index is 4.20. The summed E-state index contributed by atoms with van der Waals surface area (Å²) in [7, 11) is 0. The Labute approximate surface area is 101 Å². The van der Waals surface area contributed by atoms with Gasteiger partial charge in [0.2, 0.25) is 0 Å². The molecule has 0 radical (unpaired) electrons. The fourth-order valence-corrected chi connectivity index (χ4v) is 3.66. The summed E-state index contributed by atoms with van der Waals surface area (Å²) in [5, 5.41) is 3.74. The summed E-state index contributed by atoms with van der Waals surface area (Å²) in [6.45, 7) is 1.23. The summed E-state index contributed by atoms with van der Waals surface area (Å²) in [5.41, 5.74) is 2.52. The van der Waals surface area contributed by atoms with Crippen LogP contribution in [0.4, 0.5) is 0 Å². The Bertz CT molecular complexity index is 324. The molecule has 3 heteroatoms. The molecule has 2 fully saturated rings. The lowest BCUT2D eigenvalue weighted by Crippen LogP contribution is -2.34. The smallest absolute Gasteiger partial charge is 0.0794 e. The van der Waals surface area contributed by atoms with Crippen LogP contribution in [-0.2, 0) is 6.42 Å². The standard InChI is InChI=1S/C13H20N2S/c1-2-6-13(5-1,9-15-11-3-4-11)7-12-8-14-10-16-12/h8,10-11,15H,1-7,9H2. The van der Waals surface area contributed by atoms with Crippen molar-refractivity contribution in [2.45, 2.75) is 51.0 Å². The lowest BCUT2D eigenvalue weighted by Gasteiger charge is -2.29. The van der Waals surface area contributed by atoms with Crippen molar-refractivity contribution in [2.24, 2.45) is 5.41 Å². The van der Waals surface area contributed by atoms with Crippen molar-refractivity contribution in [3.8, 4) is 0 Å². The molecule has 88 valence electrons. The number of aromatic nitrogens is 1. The van der Waals surface area contributed by atoms with Crippen molar-refractivity contribution in [3.63, 3.8) is 0 Å². The maximum Gasteiger partial charge on any atom is 0.0794 e. The van der Waals surface area contributed by atoms with Crippen LogP contribution in [0.3, 0.4) is 0 Å². The molecule has 2 aliphatic carbocycles. The molecule has 2 aliphatic rings. The highest BCUT2D eigenvalue weighted by Crippen LogP contribution is 2.41. The molecule has 1 heterocycles. The van der Waals surface area contributed by atoms with Crippen molar-refractivity contribution in [2.75, 3.05) is 6.54 Å². The van der Waals surface area contributed by atoms with E-state index in [0.717, 1.165) is 6.04 Å². The summed E-state index contributed by atoms with van der Waals surface area (Å²) in [6, 6.07) is 0.846. The first-order valence-electron chi connectivity index (χ1n) is 6.47. The van der Waals surface area contributed by atoms with Gasteiger partial charge in [-0.25, -0.2) is 0 Å². The van der Waals surface area contributed by atoms with E-state index in [-0.39, 0.29) is 0 Å². The zero-order valence-corrected chi connectivity index (χ0v) is 10.6. The van der Waals surface area contributed by atoms with Crippen LogP contribution in [0.2, 0.25) is 0 Å². The first-order valence-corrected chi connectivity index (χ1v) is 7.35. The molecule has 2 saturated carbocycles. The molecule has 0 atom stereocenters. The maximum atomic E-state index is 4.20. The molecular formula is C13H20N2S. The molecule has 0 amide bonds. The predicted molar refractivity (Wildman–Crippen MR) is 67.7 cm³/mol. The van der Waals surface area contributed by atoms with Crippen LogP contribution < -0.4 is 5.32 Å². The van der Waals surface area contributed by atoms with Crippen molar-refractivity contribution in [1.82, 2.24) is 10.3 Å². The van der Waals surface area contributed by atoms with Gasteiger partial charge in [-0.3, -0.25) is 4.98 Å². The molecule has 0 aromatic carbocycles. The van der Waals surface area contributed by atoms with Crippen molar-refractivity contribution < 1.29 is 0 Å². The normalized spacial score (nSPS) is 23.8. The monoisotopic (exact) mass is 236 g/mol. The van der Waals surface area contributed by atoms with Gasteiger partial charge in [0.25, 0.3) is 0 Å². The quantitative estimate of drug-likeness (QED) is 0.850. The molecule has 0 aliphatic heterocycles. The second kappa shape index (κ2) is 4.46. The van der Waals surface area contributed by atoms with E-state index in [0.29, 0.717) is 5.41 Å². The largest absolute Gasteiger partial charge is 0.313 e. The fraction of sp³-hybridized carbons (Fsp3) is 0.769. The number of nitrogens with zero attached hydrogens (tertiary/aromatic N) is 1. The number of nitrogens with one attached hydrogen (secondary N) is 1. The van der Waals surface area contributed by atoms with Gasteiger partial charge in [-0.05, 0) is 37.5 Å². The van der Waals surface area contributed by atoms with Crippen molar-refractivity contribution in [1.29, 1.82) is 0 Å². The summed E-state index contributed by atoms with van der Waals surface area (Å²) < 4.78 is 0. The number of thiazole rings is 1. The minimum Gasteiger partial charge on any atom is -0.313 e. The first-order chi connectivity index (χ1) is 7.86. The molecule has 0 unspecified atom stereocenters. The minimum atomic E-state index is 0.551. The molecule has 1 N–H and O–H groups in total. The van der Waals surface area contributed by atoms with Crippen molar-refractivity contribution in [3.05, 3.63) is 16.6 Å². The van der Waals surface area contributed by atoms with E-state index in [2.05, 4.69) is 16.5 Å². The van der Waals surface area contributed by atoms with Crippen LogP contribution in [0.25, 0.3) is 0 Å². The van der Waals surface area contributed by atoms with Gasteiger partial charge in [0.15, 0.2) is 0 Å². The molecular weight excluding hydrogens is 216 g/mol. The van der Waals surface area contributed by atoms with E-state index in [9.17, 15) is 0 Å². The summed E-state index contributed by atoms with van der Waals surface area (Å²) in [5.74, 6) is 0. The van der Waals surface area contributed by atoms with E-state index in [1.807, 2.05) is 16.8 Å². The van der Waals surface area contributed by atoms with Crippen LogP contribution >= 0.6 is 11.3 Å². The van der Waals surface area contributed by atoms with Gasteiger partial charge in [0.05, 0.1) is 5.51 Å². The van der Waals surface area contributed by atoms with Gasteiger partial charge in [0, 0.05) is 23.7 Å². The lowest BCUT2D eigenvalue weighted by atomic mass is 9.82. The van der Waals surface area contributed by atoms with Crippen molar-refractivity contribution >= 4 is 11.3 Å². The topological polar surface area (TPSA) is 24.9 Å². The van der Waals surface area contributed by atoms with Crippen LogP contribution in [0.15, 0.2) is 11.7 Å². The lowest BCUT2D eigenvalue weighted by molar-refractivity contribution is 0.278. The van der Waals surface area contributed by atoms with Crippen LogP contribution in [0.5, 0.6) is 0 Å². The zero-order valence-electron chi connectivity index (χ0n) is 9.74. The van der Waals surface area contributed by atoms with E-state index in [1.54, 1.807) is 0 Å². The Morgan fingerprint density at radius 3 is 2.81 bits per heavy atom. The molecule has 0 spiro atoms.